The van der Waals surface area contributed by atoms with Gasteiger partial charge in [0.15, 0.2) is 0 Å². The Kier molecular flexibility index (Phi) is 5.88. The van der Waals surface area contributed by atoms with Gasteiger partial charge in [0.05, 0.1) is 16.0 Å². The average molecular weight is 485 g/mol. The molecule has 2 aromatic carbocycles. The Morgan fingerprint density at radius 2 is 1.85 bits per heavy atom. The molecule has 2 heterocycles. The van der Waals surface area contributed by atoms with Crippen molar-refractivity contribution in [2.24, 2.45) is 0 Å². The summed E-state index contributed by atoms with van der Waals surface area (Å²) in [7, 11) is 0. The van der Waals surface area contributed by atoms with Crippen molar-refractivity contribution in [1.29, 1.82) is 0 Å². The highest BCUT2D eigenvalue weighted by Crippen LogP contribution is 2.27. The molecule has 0 spiro atoms. The van der Waals surface area contributed by atoms with Crippen LogP contribution in [0, 0.1) is 24.0 Å². The van der Waals surface area contributed by atoms with Crippen LogP contribution < -0.4 is 16.6 Å². The maximum Gasteiger partial charge on any atom is 0.337 e. The summed E-state index contributed by atoms with van der Waals surface area (Å²) in [5.41, 5.74) is 0.120. The van der Waals surface area contributed by atoms with Gasteiger partial charge >= 0.3 is 5.69 Å². The summed E-state index contributed by atoms with van der Waals surface area (Å²) in [6.45, 7) is 3.28. The number of non-ortho nitro benzene ring substituents is 1. The SMILES string of the molecule is Cc1sc2c(c1C)c(=O)n(-c1cccc(Cl)c1)c(=O)n2CC(=O)Nc1ccc([N+](=O)[O-])cc1. The van der Waals surface area contributed by atoms with Gasteiger partial charge < -0.3 is 5.32 Å². The molecule has 11 heteroatoms. The smallest absolute Gasteiger partial charge is 0.325 e. The number of nitro benzene ring substituents is 1. The number of anilines is 1. The van der Waals surface area contributed by atoms with E-state index < -0.39 is 22.1 Å². The number of hydrogen-bond acceptors (Lipinski definition) is 6. The lowest BCUT2D eigenvalue weighted by Gasteiger charge is -2.13. The topological polar surface area (TPSA) is 116 Å². The second-order valence-corrected chi connectivity index (χ2v) is 8.94. The molecule has 0 saturated heterocycles. The summed E-state index contributed by atoms with van der Waals surface area (Å²) in [5, 5.41) is 14.2. The molecule has 168 valence electrons. The van der Waals surface area contributed by atoms with E-state index in [9.17, 15) is 24.5 Å². The van der Waals surface area contributed by atoms with Crippen LogP contribution >= 0.6 is 22.9 Å². The highest BCUT2D eigenvalue weighted by Gasteiger charge is 2.21. The molecule has 4 rings (SSSR count). The molecule has 33 heavy (non-hydrogen) atoms. The van der Waals surface area contributed by atoms with Gasteiger partial charge in [-0.1, -0.05) is 17.7 Å². The molecular formula is C22H17ClN4O5S. The van der Waals surface area contributed by atoms with Gasteiger partial charge in [-0.3, -0.25) is 24.3 Å². The summed E-state index contributed by atoms with van der Waals surface area (Å²) in [6.07, 6.45) is 0. The number of benzene rings is 2. The molecule has 0 bridgehead atoms. The van der Waals surface area contributed by atoms with Gasteiger partial charge in [-0.25, -0.2) is 9.36 Å². The van der Waals surface area contributed by atoms with Gasteiger partial charge in [0, 0.05) is 27.7 Å². The fourth-order valence-electron chi connectivity index (χ4n) is 3.45. The lowest BCUT2D eigenvalue weighted by molar-refractivity contribution is -0.384. The second kappa shape index (κ2) is 8.64. The number of nitrogens with zero attached hydrogens (tertiary/aromatic N) is 3. The van der Waals surface area contributed by atoms with Gasteiger partial charge in [0.25, 0.3) is 11.2 Å². The first-order valence-corrected chi connectivity index (χ1v) is 10.9. The van der Waals surface area contributed by atoms with Gasteiger partial charge in [0.1, 0.15) is 11.4 Å². The number of carbonyl (C=O) groups is 1. The third-order valence-corrected chi connectivity index (χ3v) is 6.65. The highest BCUT2D eigenvalue weighted by molar-refractivity contribution is 7.18. The molecule has 0 radical (unpaired) electrons. The summed E-state index contributed by atoms with van der Waals surface area (Å²) in [5.74, 6) is -0.521. The molecule has 9 nitrogen and oxygen atoms in total. The van der Waals surface area contributed by atoms with Crippen molar-refractivity contribution < 1.29 is 9.72 Å². The lowest BCUT2D eigenvalue weighted by atomic mass is 10.2. The number of nitrogens with one attached hydrogen (secondary N) is 1. The number of hydrogen-bond donors (Lipinski definition) is 1. The Bertz CT molecular complexity index is 1540. The van der Waals surface area contributed by atoms with Crippen LogP contribution in [-0.4, -0.2) is 20.0 Å². The average Bonchev–Trinajstić information content (AvgIpc) is 3.06. The molecule has 2 aromatic heterocycles. The maximum atomic E-state index is 13.4. The van der Waals surface area contributed by atoms with Crippen LogP contribution in [0.4, 0.5) is 11.4 Å². The van der Waals surface area contributed by atoms with Crippen LogP contribution in [0.5, 0.6) is 0 Å². The molecule has 0 unspecified atom stereocenters. The number of nitro groups is 1. The van der Waals surface area contributed by atoms with Crippen molar-refractivity contribution in [3.8, 4) is 5.69 Å². The van der Waals surface area contributed by atoms with E-state index in [4.69, 9.17) is 11.6 Å². The maximum absolute atomic E-state index is 13.4. The zero-order chi connectivity index (χ0) is 23.9. The molecular weight excluding hydrogens is 468 g/mol. The molecule has 1 amide bonds. The third-order valence-electron chi connectivity index (χ3n) is 5.18. The first-order valence-electron chi connectivity index (χ1n) is 9.73. The van der Waals surface area contributed by atoms with E-state index in [1.165, 1.54) is 46.2 Å². The number of rotatable bonds is 5. The van der Waals surface area contributed by atoms with Gasteiger partial charge in [-0.15, -0.1) is 11.3 Å². The number of aromatic nitrogens is 2. The minimum Gasteiger partial charge on any atom is -0.325 e. The van der Waals surface area contributed by atoms with Gasteiger partial charge in [-0.05, 0) is 49.7 Å². The molecule has 0 saturated carbocycles. The Morgan fingerprint density at radius 1 is 1.15 bits per heavy atom. The van der Waals surface area contributed by atoms with E-state index in [1.54, 1.807) is 25.1 Å². The zero-order valence-corrected chi connectivity index (χ0v) is 19.1. The van der Waals surface area contributed by atoms with Crippen LogP contribution in [0.15, 0.2) is 58.1 Å². The van der Waals surface area contributed by atoms with E-state index in [0.717, 1.165) is 15.0 Å². The zero-order valence-electron chi connectivity index (χ0n) is 17.5. The molecule has 0 fully saturated rings. The Hall–Kier alpha value is -3.76. The Balaban J connectivity index is 1.80. The minimum absolute atomic E-state index is 0.107. The molecule has 0 aliphatic rings. The van der Waals surface area contributed by atoms with Crippen molar-refractivity contribution in [1.82, 2.24) is 9.13 Å². The lowest BCUT2D eigenvalue weighted by Crippen LogP contribution is -2.40. The van der Waals surface area contributed by atoms with Crippen LogP contribution in [0.25, 0.3) is 15.9 Å². The van der Waals surface area contributed by atoms with Crippen LogP contribution in [0.3, 0.4) is 0 Å². The monoisotopic (exact) mass is 484 g/mol. The van der Waals surface area contributed by atoms with E-state index in [1.807, 2.05) is 6.92 Å². The predicted octanol–water partition coefficient (Wildman–Crippen LogP) is 4.03. The summed E-state index contributed by atoms with van der Waals surface area (Å²) in [4.78, 5) is 50.9. The van der Waals surface area contributed by atoms with Crippen molar-refractivity contribution in [2.75, 3.05) is 5.32 Å². The first kappa shape index (κ1) is 22.4. The number of thiophene rings is 1. The quantitative estimate of drug-likeness (QED) is 0.339. The van der Waals surface area contributed by atoms with Gasteiger partial charge in [-0.2, -0.15) is 0 Å². The summed E-state index contributed by atoms with van der Waals surface area (Å²) in [6, 6.07) is 11.7. The van der Waals surface area contributed by atoms with Crippen molar-refractivity contribution in [2.45, 2.75) is 20.4 Å². The minimum atomic E-state index is -0.671. The fraction of sp³-hybridized carbons (Fsp3) is 0.136. The van der Waals surface area contributed by atoms with E-state index in [-0.39, 0.29) is 12.2 Å². The first-order chi connectivity index (χ1) is 15.7. The standard InChI is InChI=1S/C22H17ClN4O5S/c1-12-13(2)33-21-19(12)20(29)26(17-5-3-4-14(23)10-17)22(30)25(21)11-18(28)24-15-6-8-16(9-7-15)27(31)32/h3-10H,11H2,1-2H3,(H,24,28). The van der Waals surface area contributed by atoms with E-state index >= 15 is 0 Å². The van der Waals surface area contributed by atoms with Crippen LogP contribution in [-0.2, 0) is 11.3 Å². The molecule has 0 aliphatic heterocycles. The van der Waals surface area contributed by atoms with Crippen LogP contribution in [0.2, 0.25) is 5.02 Å². The van der Waals surface area contributed by atoms with Crippen molar-refractivity contribution in [3.05, 3.63) is 94.9 Å². The molecule has 4 aromatic rings. The van der Waals surface area contributed by atoms with Gasteiger partial charge in [0.2, 0.25) is 5.91 Å². The number of halogens is 1. The third kappa shape index (κ3) is 4.18. The molecule has 0 atom stereocenters. The highest BCUT2D eigenvalue weighted by atomic mass is 35.5. The predicted molar refractivity (Wildman–Crippen MR) is 128 cm³/mol. The number of aryl methyl sites for hydroxylation is 2. The van der Waals surface area contributed by atoms with E-state index in [0.29, 0.717) is 26.6 Å². The number of amides is 1. The summed E-state index contributed by atoms with van der Waals surface area (Å²) < 4.78 is 2.26. The fourth-order valence-corrected chi connectivity index (χ4v) is 4.78. The Morgan fingerprint density at radius 3 is 2.48 bits per heavy atom. The Labute approximate surface area is 195 Å². The molecule has 0 aliphatic carbocycles. The number of fused-ring (bicyclic) bond motifs is 1. The second-order valence-electron chi connectivity index (χ2n) is 7.30. The van der Waals surface area contributed by atoms with E-state index in [2.05, 4.69) is 5.32 Å². The molecule has 1 N–H and O–H groups in total. The normalized spacial score (nSPS) is 11.0. The summed E-state index contributed by atoms with van der Waals surface area (Å²) >= 11 is 7.33. The number of carbonyl (C=O) groups excluding carboxylic acids is 1. The van der Waals surface area contributed by atoms with Crippen molar-refractivity contribution in [3.63, 3.8) is 0 Å². The largest absolute Gasteiger partial charge is 0.337 e. The van der Waals surface area contributed by atoms with Crippen LogP contribution in [0.1, 0.15) is 10.4 Å². The van der Waals surface area contributed by atoms with Crippen molar-refractivity contribution >= 4 is 50.4 Å².